The summed E-state index contributed by atoms with van der Waals surface area (Å²) in [6.45, 7) is 2.06. The van der Waals surface area contributed by atoms with Gasteiger partial charge in [0.1, 0.15) is 10.6 Å². The van der Waals surface area contributed by atoms with Crippen molar-refractivity contribution in [3.8, 4) is 5.75 Å². The molecule has 1 aromatic heterocycles. The molecule has 0 spiro atoms. The van der Waals surface area contributed by atoms with Gasteiger partial charge in [-0.3, -0.25) is 0 Å². The van der Waals surface area contributed by atoms with Crippen molar-refractivity contribution >= 4 is 33.1 Å². The summed E-state index contributed by atoms with van der Waals surface area (Å²) >= 11 is 1.23. The van der Waals surface area contributed by atoms with E-state index in [1.165, 1.54) is 11.3 Å². The fourth-order valence-corrected chi connectivity index (χ4v) is 2.50. The molecule has 84 valence electrons. The average Bonchev–Trinajstić information content (AvgIpc) is 2.56. The molecule has 0 saturated heterocycles. The van der Waals surface area contributed by atoms with Gasteiger partial charge in [-0.1, -0.05) is 0 Å². The maximum atomic E-state index is 11.6. The Kier molecular flexibility index (Phi) is 2.70. The number of hydrogen-bond donors (Lipinski definition) is 2. The van der Waals surface area contributed by atoms with E-state index in [1.807, 2.05) is 0 Å². The molecule has 16 heavy (non-hydrogen) atoms. The van der Waals surface area contributed by atoms with Gasteiger partial charge in [0.2, 0.25) is 0 Å². The minimum absolute atomic E-state index is 0.157. The molecule has 5 heteroatoms. The zero-order valence-corrected chi connectivity index (χ0v) is 9.50. The van der Waals surface area contributed by atoms with E-state index in [0.717, 1.165) is 10.1 Å². The molecule has 3 N–H and O–H groups in total. The number of esters is 1. The molecule has 1 heterocycles. The molecule has 0 saturated carbocycles. The lowest BCUT2D eigenvalue weighted by Crippen LogP contribution is -2.04. The summed E-state index contributed by atoms with van der Waals surface area (Å²) < 4.78 is 5.68. The first-order chi connectivity index (χ1) is 7.63. The molecular weight excluding hydrogens is 226 g/mol. The van der Waals surface area contributed by atoms with Crippen LogP contribution in [0, 0.1) is 0 Å². The third-order valence-corrected chi connectivity index (χ3v) is 3.32. The lowest BCUT2D eigenvalue weighted by Gasteiger charge is -1.99. The first kappa shape index (κ1) is 10.8. The SMILES string of the molecule is CCOC(=O)c1sc2cc(O)ccc2c1N. The van der Waals surface area contributed by atoms with Crippen LogP contribution in [0.3, 0.4) is 0 Å². The molecule has 0 aliphatic rings. The zero-order valence-electron chi connectivity index (χ0n) is 8.69. The number of carbonyl (C=O) groups is 1. The van der Waals surface area contributed by atoms with E-state index in [1.54, 1.807) is 25.1 Å². The highest BCUT2D eigenvalue weighted by atomic mass is 32.1. The number of phenolic OH excluding ortho intramolecular Hbond substituents is 1. The first-order valence-electron chi connectivity index (χ1n) is 4.81. The molecule has 0 aliphatic heterocycles. The number of phenols is 1. The Morgan fingerprint density at radius 1 is 1.56 bits per heavy atom. The van der Waals surface area contributed by atoms with E-state index in [4.69, 9.17) is 10.5 Å². The average molecular weight is 237 g/mol. The number of hydrogen-bond acceptors (Lipinski definition) is 5. The van der Waals surface area contributed by atoms with Crippen molar-refractivity contribution in [1.29, 1.82) is 0 Å². The summed E-state index contributed by atoms with van der Waals surface area (Å²) in [5.41, 5.74) is 6.26. The summed E-state index contributed by atoms with van der Waals surface area (Å²) in [5.74, 6) is -0.259. The number of fused-ring (bicyclic) bond motifs is 1. The molecule has 2 aromatic rings. The molecular formula is C11H11NO3S. The third-order valence-electron chi connectivity index (χ3n) is 2.17. The Morgan fingerprint density at radius 2 is 2.31 bits per heavy atom. The van der Waals surface area contributed by atoms with Gasteiger partial charge in [-0.2, -0.15) is 0 Å². The second-order valence-electron chi connectivity index (χ2n) is 3.25. The van der Waals surface area contributed by atoms with Crippen LogP contribution in [0.15, 0.2) is 18.2 Å². The van der Waals surface area contributed by atoms with Crippen LogP contribution in [0.4, 0.5) is 5.69 Å². The van der Waals surface area contributed by atoms with Crippen molar-refractivity contribution in [3.05, 3.63) is 23.1 Å². The third kappa shape index (κ3) is 1.69. The zero-order chi connectivity index (χ0) is 11.7. The van der Waals surface area contributed by atoms with Crippen molar-refractivity contribution < 1.29 is 14.6 Å². The quantitative estimate of drug-likeness (QED) is 0.786. The van der Waals surface area contributed by atoms with Crippen LogP contribution < -0.4 is 5.73 Å². The normalized spacial score (nSPS) is 10.6. The largest absolute Gasteiger partial charge is 0.508 e. The summed E-state index contributed by atoms with van der Waals surface area (Å²) in [6.07, 6.45) is 0. The minimum atomic E-state index is -0.416. The molecule has 2 rings (SSSR count). The smallest absolute Gasteiger partial charge is 0.350 e. The van der Waals surface area contributed by atoms with Gasteiger partial charge in [-0.25, -0.2) is 4.79 Å². The Hall–Kier alpha value is -1.75. The van der Waals surface area contributed by atoms with Crippen LogP contribution in [0.25, 0.3) is 10.1 Å². The summed E-state index contributed by atoms with van der Waals surface area (Å²) in [7, 11) is 0. The molecule has 0 atom stereocenters. The fourth-order valence-electron chi connectivity index (χ4n) is 1.45. The number of nitrogen functional groups attached to an aromatic ring is 1. The summed E-state index contributed by atoms with van der Waals surface area (Å²) in [5, 5.41) is 10.1. The number of anilines is 1. The van der Waals surface area contributed by atoms with Crippen molar-refractivity contribution in [2.45, 2.75) is 6.92 Å². The number of ether oxygens (including phenoxy) is 1. The number of benzene rings is 1. The van der Waals surface area contributed by atoms with E-state index >= 15 is 0 Å². The van der Waals surface area contributed by atoms with Gasteiger partial charge >= 0.3 is 5.97 Å². The van der Waals surface area contributed by atoms with E-state index in [0.29, 0.717) is 17.2 Å². The maximum absolute atomic E-state index is 11.6. The highest BCUT2D eigenvalue weighted by Crippen LogP contribution is 2.35. The predicted octanol–water partition coefficient (Wildman–Crippen LogP) is 2.37. The topological polar surface area (TPSA) is 72.5 Å². The first-order valence-corrected chi connectivity index (χ1v) is 5.63. The molecule has 1 aromatic carbocycles. The lowest BCUT2D eigenvalue weighted by atomic mass is 10.2. The van der Waals surface area contributed by atoms with Crippen molar-refractivity contribution in [3.63, 3.8) is 0 Å². The Balaban J connectivity index is 2.55. The van der Waals surface area contributed by atoms with Gasteiger partial charge in [0.25, 0.3) is 0 Å². The second-order valence-corrected chi connectivity index (χ2v) is 4.30. The molecule has 0 amide bonds. The maximum Gasteiger partial charge on any atom is 0.350 e. The van der Waals surface area contributed by atoms with Crippen LogP contribution in [0.2, 0.25) is 0 Å². The summed E-state index contributed by atoms with van der Waals surface area (Å²) in [6, 6.07) is 4.82. The molecule has 0 bridgehead atoms. The van der Waals surface area contributed by atoms with E-state index in [9.17, 15) is 9.90 Å². The Labute approximate surface area is 96.3 Å². The van der Waals surface area contributed by atoms with Gasteiger partial charge in [0, 0.05) is 10.1 Å². The van der Waals surface area contributed by atoms with Gasteiger partial charge in [0.15, 0.2) is 0 Å². The minimum Gasteiger partial charge on any atom is -0.508 e. The van der Waals surface area contributed by atoms with Gasteiger partial charge in [-0.15, -0.1) is 11.3 Å². The molecule has 0 radical (unpaired) electrons. The number of thiophene rings is 1. The highest BCUT2D eigenvalue weighted by Gasteiger charge is 2.17. The van der Waals surface area contributed by atoms with E-state index < -0.39 is 5.97 Å². The van der Waals surface area contributed by atoms with Crippen LogP contribution in [0.1, 0.15) is 16.6 Å². The Bertz CT molecular complexity index is 547. The van der Waals surface area contributed by atoms with Crippen molar-refractivity contribution in [2.24, 2.45) is 0 Å². The van der Waals surface area contributed by atoms with E-state index in [-0.39, 0.29) is 5.75 Å². The lowest BCUT2D eigenvalue weighted by molar-refractivity contribution is 0.0533. The van der Waals surface area contributed by atoms with Crippen LogP contribution >= 0.6 is 11.3 Å². The van der Waals surface area contributed by atoms with Crippen molar-refractivity contribution in [2.75, 3.05) is 12.3 Å². The van der Waals surface area contributed by atoms with E-state index in [2.05, 4.69) is 0 Å². The van der Waals surface area contributed by atoms with Crippen LogP contribution in [-0.2, 0) is 4.74 Å². The number of rotatable bonds is 2. The molecule has 0 fully saturated rings. The standard InChI is InChI=1S/C11H11NO3S/c1-2-15-11(14)10-9(12)7-4-3-6(13)5-8(7)16-10/h3-5,13H,2,12H2,1H3. The monoisotopic (exact) mass is 237 g/mol. The van der Waals surface area contributed by atoms with Gasteiger partial charge < -0.3 is 15.6 Å². The second kappa shape index (κ2) is 4.02. The van der Waals surface area contributed by atoms with Gasteiger partial charge in [-0.05, 0) is 25.1 Å². The Morgan fingerprint density at radius 3 is 3.00 bits per heavy atom. The van der Waals surface area contributed by atoms with Crippen LogP contribution in [-0.4, -0.2) is 17.7 Å². The number of nitrogens with two attached hydrogens (primary N) is 1. The molecule has 4 nitrogen and oxygen atoms in total. The fraction of sp³-hybridized carbons (Fsp3) is 0.182. The predicted molar refractivity (Wildman–Crippen MR) is 63.9 cm³/mol. The molecule has 0 unspecified atom stereocenters. The number of carbonyl (C=O) groups excluding carboxylic acids is 1. The highest BCUT2D eigenvalue weighted by molar-refractivity contribution is 7.21. The summed E-state index contributed by atoms with van der Waals surface area (Å²) in [4.78, 5) is 12.0. The van der Waals surface area contributed by atoms with Crippen molar-refractivity contribution in [1.82, 2.24) is 0 Å². The number of aromatic hydroxyl groups is 1. The molecule has 0 aliphatic carbocycles. The van der Waals surface area contributed by atoms with Crippen LogP contribution in [0.5, 0.6) is 5.75 Å². The van der Waals surface area contributed by atoms with Gasteiger partial charge in [0.05, 0.1) is 12.3 Å².